The minimum atomic E-state index is -0.214. The average molecular weight is 284 g/mol. The van der Waals surface area contributed by atoms with E-state index in [-0.39, 0.29) is 18.0 Å². The summed E-state index contributed by atoms with van der Waals surface area (Å²) in [5.41, 5.74) is 0. The van der Waals surface area contributed by atoms with Gasteiger partial charge in [-0.05, 0) is 25.7 Å². The summed E-state index contributed by atoms with van der Waals surface area (Å²) in [6.07, 6.45) is 5.95. The van der Waals surface area contributed by atoms with Crippen LogP contribution in [0.25, 0.3) is 0 Å². The molecule has 116 valence electrons. The minimum Gasteiger partial charge on any atom is -0.449 e. The van der Waals surface area contributed by atoms with Crippen LogP contribution in [0.2, 0.25) is 0 Å². The molecule has 1 rings (SSSR count). The maximum absolute atomic E-state index is 11.8. The minimum absolute atomic E-state index is 0.135. The first-order valence-electron chi connectivity index (χ1n) is 7.88. The highest BCUT2D eigenvalue weighted by Crippen LogP contribution is 2.12. The molecule has 2 amide bonds. The molecule has 5 heteroatoms. The lowest BCUT2D eigenvalue weighted by atomic mass is 10.1. The van der Waals surface area contributed by atoms with Crippen molar-refractivity contribution in [2.45, 2.75) is 64.8 Å². The lowest BCUT2D eigenvalue weighted by Crippen LogP contribution is -2.46. The number of amides is 2. The van der Waals surface area contributed by atoms with Crippen molar-refractivity contribution in [3.8, 4) is 0 Å². The van der Waals surface area contributed by atoms with Crippen molar-refractivity contribution in [1.82, 2.24) is 10.2 Å². The van der Waals surface area contributed by atoms with Gasteiger partial charge in [-0.25, -0.2) is 4.79 Å². The van der Waals surface area contributed by atoms with Crippen molar-refractivity contribution in [3.05, 3.63) is 0 Å². The Labute approximate surface area is 122 Å². The van der Waals surface area contributed by atoms with Crippen molar-refractivity contribution in [3.63, 3.8) is 0 Å². The van der Waals surface area contributed by atoms with E-state index in [1.807, 2.05) is 0 Å². The van der Waals surface area contributed by atoms with Crippen LogP contribution >= 0.6 is 0 Å². The topological polar surface area (TPSA) is 58.6 Å². The number of unbranched alkanes of at least 4 members (excludes halogenated alkanes) is 2. The molecule has 0 bridgehead atoms. The molecule has 1 N–H and O–H groups in total. The Morgan fingerprint density at radius 1 is 1.15 bits per heavy atom. The second kappa shape index (κ2) is 9.61. The van der Waals surface area contributed by atoms with Crippen LogP contribution in [0.1, 0.15) is 58.8 Å². The number of nitrogens with one attached hydrogen (secondary N) is 1. The van der Waals surface area contributed by atoms with Gasteiger partial charge in [0.1, 0.15) is 0 Å². The van der Waals surface area contributed by atoms with E-state index in [9.17, 15) is 9.59 Å². The largest absolute Gasteiger partial charge is 0.449 e. The Morgan fingerprint density at radius 2 is 1.80 bits per heavy atom. The first-order valence-corrected chi connectivity index (χ1v) is 7.88. The third kappa shape index (κ3) is 6.26. The Bertz CT molecular complexity index is 299. The fourth-order valence-corrected chi connectivity index (χ4v) is 2.24. The van der Waals surface area contributed by atoms with Gasteiger partial charge in [-0.15, -0.1) is 0 Å². The number of piperidine rings is 1. The lowest BCUT2D eigenvalue weighted by Gasteiger charge is -2.31. The van der Waals surface area contributed by atoms with Gasteiger partial charge in [-0.2, -0.15) is 0 Å². The van der Waals surface area contributed by atoms with Gasteiger partial charge >= 0.3 is 6.09 Å². The van der Waals surface area contributed by atoms with Crippen molar-refractivity contribution in [2.75, 3.05) is 19.7 Å². The summed E-state index contributed by atoms with van der Waals surface area (Å²) in [6, 6.07) is 0.207. The molecule has 1 aliphatic rings. The summed E-state index contributed by atoms with van der Waals surface area (Å²) in [5, 5.41) is 3.05. The molecule has 0 unspecified atom stereocenters. The van der Waals surface area contributed by atoms with Crippen LogP contribution in [0, 0.1) is 0 Å². The summed E-state index contributed by atoms with van der Waals surface area (Å²) >= 11 is 0. The quantitative estimate of drug-likeness (QED) is 0.731. The van der Waals surface area contributed by atoms with Gasteiger partial charge in [-0.1, -0.05) is 26.7 Å². The predicted octanol–water partition coefficient (Wildman–Crippen LogP) is 2.69. The normalized spacial score (nSPS) is 16.0. The van der Waals surface area contributed by atoms with Gasteiger partial charge in [0.15, 0.2) is 0 Å². The number of carbonyl (C=O) groups is 2. The van der Waals surface area contributed by atoms with Crippen molar-refractivity contribution in [2.24, 2.45) is 0 Å². The zero-order valence-electron chi connectivity index (χ0n) is 12.8. The zero-order valence-corrected chi connectivity index (χ0v) is 12.8. The molecule has 0 aromatic carbocycles. The molecule has 1 aliphatic heterocycles. The summed E-state index contributed by atoms with van der Waals surface area (Å²) in [6.45, 7) is 5.99. The van der Waals surface area contributed by atoms with Crippen LogP contribution in [0.3, 0.4) is 0 Å². The molecule has 0 aromatic heterocycles. The summed E-state index contributed by atoms with van der Waals surface area (Å²) in [4.78, 5) is 25.1. The number of likely N-dealkylation sites (tertiary alicyclic amines) is 1. The number of ether oxygens (including phenoxy) is 1. The van der Waals surface area contributed by atoms with Crippen LogP contribution in [0.15, 0.2) is 0 Å². The second-order valence-electron chi connectivity index (χ2n) is 5.40. The first-order chi connectivity index (χ1) is 9.67. The Kier molecular flexibility index (Phi) is 8.07. The molecule has 1 heterocycles. The Morgan fingerprint density at radius 3 is 2.40 bits per heavy atom. The molecule has 0 aliphatic carbocycles. The fraction of sp³-hybridized carbons (Fsp3) is 0.867. The van der Waals surface area contributed by atoms with Crippen LogP contribution in [0.5, 0.6) is 0 Å². The molecular formula is C15H28N2O3. The van der Waals surface area contributed by atoms with E-state index in [4.69, 9.17) is 4.74 Å². The molecule has 0 aromatic rings. The number of nitrogens with zero attached hydrogens (tertiary/aromatic N) is 1. The van der Waals surface area contributed by atoms with Crippen molar-refractivity contribution < 1.29 is 14.3 Å². The third-order valence-electron chi connectivity index (χ3n) is 3.60. The predicted molar refractivity (Wildman–Crippen MR) is 78.5 cm³/mol. The molecule has 0 spiro atoms. The summed E-state index contributed by atoms with van der Waals surface area (Å²) in [5.74, 6) is 0.135. The van der Waals surface area contributed by atoms with E-state index >= 15 is 0 Å². The molecule has 0 saturated carbocycles. The van der Waals surface area contributed by atoms with Crippen LogP contribution in [-0.4, -0.2) is 42.6 Å². The number of hydrogen-bond acceptors (Lipinski definition) is 3. The Balaban J connectivity index is 2.19. The number of hydrogen-bond donors (Lipinski definition) is 1. The maximum Gasteiger partial charge on any atom is 0.409 e. The lowest BCUT2D eigenvalue weighted by molar-refractivity contribution is -0.122. The standard InChI is InChI=1S/C15H28N2O3/c1-3-5-7-14(18)16-13-8-10-17(11-9-13)15(19)20-12-6-4-2/h13H,3-12H2,1-2H3,(H,16,18). The van der Waals surface area contributed by atoms with Crippen LogP contribution in [-0.2, 0) is 9.53 Å². The number of carbonyl (C=O) groups excluding carboxylic acids is 2. The van der Waals surface area contributed by atoms with E-state index in [2.05, 4.69) is 19.2 Å². The van der Waals surface area contributed by atoms with Gasteiger partial charge in [-0.3, -0.25) is 4.79 Å². The van der Waals surface area contributed by atoms with Crippen molar-refractivity contribution >= 4 is 12.0 Å². The van der Waals surface area contributed by atoms with E-state index in [1.54, 1.807) is 4.90 Å². The fourth-order valence-electron chi connectivity index (χ4n) is 2.24. The van der Waals surface area contributed by atoms with Gasteiger partial charge in [0.2, 0.25) is 5.91 Å². The first kappa shape index (κ1) is 16.8. The maximum atomic E-state index is 11.8. The van der Waals surface area contributed by atoms with Gasteiger partial charge in [0.05, 0.1) is 6.61 Å². The van der Waals surface area contributed by atoms with E-state index in [0.717, 1.165) is 38.5 Å². The highest BCUT2D eigenvalue weighted by atomic mass is 16.6. The smallest absolute Gasteiger partial charge is 0.409 e. The van der Waals surface area contributed by atoms with Crippen LogP contribution < -0.4 is 5.32 Å². The summed E-state index contributed by atoms with van der Waals surface area (Å²) < 4.78 is 5.19. The molecule has 1 saturated heterocycles. The second-order valence-corrected chi connectivity index (χ2v) is 5.40. The Hall–Kier alpha value is -1.26. The molecule has 20 heavy (non-hydrogen) atoms. The van der Waals surface area contributed by atoms with Crippen molar-refractivity contribution in [1.29, 1.82) is 0 Å². The molecule has 0 radical (unpaired) electrons. The molecular weight excluding hydrogens is 256 g/mol. The summed E-state index contributed by atoms with van der Waals surface area (Å²) in [7, 11) is 0. The SMILES string of the molecule is CCCCOC(=O)N1CCC(NC(=O)CCCC)CC1. The number of rotatable bonds is 7. The van der Waals surface area contributed by atoms with E-state index in [0.29, 0.717) is 26.1 Å². The molecule has 0 atom stereocenters. The zero-order chi connectivity index (χ0) is 14.8. The van der Waals surface area contributed by atoms with Gasteiger partial charge in [0, 0.05) is 25.6 Å². The molecule has 1 fully saturated rings. The highest BCUT2D eigenvalue weighted by Gasteiger charge is 2.24. The van der Waals surface area contributed by atoms with E-state index < -0.39 is 0 Å². The highest BCUT2D eigenvalue weighted by molar-refractivity contribution is 5.76. The monoisotopic (exact) mass is 284 g/mol. The average Bonchev–Trinajstić information content (AvgIpc) is 2.46. The van der Waals surface area contributed by atoms with Crippen LogP contribution in [0.4, 0.5) is 4.79 Å². The van der Waals surface area contributed by atoms with Gasteiger partial charge in [0.25, 0.3) is 0 Å². The van der Waals surface area contributed by atoms with E-state index in [1.165, 1.54) is 0 Å². The third-order valence-corrected chi connectivity index (χ3v) is 3.60. The molecule has 5 nitrogen and oxygen atoms in total. The van der Waals surface area contributed by atoms with Gasteiger partial charge < -0.3 is 15.0 Å².